The Morgan fingerprint density at radius 2 is 1.59 bits per heavy atom. The summed E-state index contributed by atoms with van der Waals surface area (Å²) in [7, 11) is 0. The Kier molecular flexibility index (Phi) is 11.7. The molecule has 100 valence electrons. The van der Waals surface area contributed by atoms with Crippen molar-refractivity contribution in [1.82, 2.24) is 0 Å². The molecule has 0 saturated heterocycles. The zero-order chi connectivity index (χ0) is 12.9. The summed E-state index contributed by atoms with van der Waals surface area (Å²) in [5.41, 5.74) is 0.563. The summed E-state index contributed by atoms with van der Waals surface area (Å²) in [4.78, 5) is 11.2. The lowest BCUT2D eigenvalue weighted by atomic mass is 10.1. The van der Waals surface area contributed by atoms with E-state index in [9.17, 15) is 4.79 Å². The first-order valence-electron chi connectivity index (χ1n) is 6.70. The molecule has 0 aromatic rings. The molecule has 0 atom stereocenters. The molecule has 0 aliphatic carbocycles. The van der Waals surface area contributed by atoms with Crippen LogP contribution in [-0.2, 0) is 9.53 Å². The standard InChI is InChI=1S/C14H26O2S/c1-3-4-5-6-7-8-9-10-11-16-14(15)13(2)12-17/h12,17H,3-11H2,1-2H3. The molecule has 17 heavy (non-hydrogen) atoms. The van der Waals surface area contributed by atoms with Gasteiger partial charge in [0.1, 0.15) is 0 Å². The molecule has 2 nitrogen and oxygen atoms in total. The summed E-state index contributed by atoms with van der Waals surface area (Å²) in [5, 5.41) is 1.48. The summed E-state index contributed by atoms with van der Waals surface area (Å²) in [6.07, 6.45) is 10.0. The molecular weight excluding hydrogens is 232 g/mol. The number of carbonyl (C=O) groups excluding carboxylic acids is 1. The molecule has 0 fully saturated rings. The highest BCUT2D eigenvalue weighted by Crippen LogP contribution is 2.08. The normalized spacial score (nSPS) is 11.6. The zero-order valence-corrected chi connectivity index (χ0v) is 12.1. The van der Waals surface area contributed by atoms with Gasteiger partial charge < -0.3 is 4.74 Å². The number of ether oxygens (including phenoxy) is 1. The Balaban J connectivity index is 3.21. The molecule has 0 amide bonds. The predicted molar refractivity (Wildman–Crippen MR) is 76.3 cm³/mol. The van der Waals surface area contributed by atoms with E-state index in [0.717, 1.165) is 12.8 Å². The van der Waals surface area contributed by atoms with E-state index in [1.165, 1.54) is 43.9 Å². The first-order chi connectivity index (χ1) is 8.22. The third-order valence-electron chi connectivity index (χ3n) is 2.75. The Labute approximate surface area is 111 Å². The monoisotopic (exact) mass is 258 g/mol. The van der Waals surface area contributed by atoms with Gasteiger partial charge in [0.15, 0.2) is 0 Å². The molecule has 0 radical (unpaired) electrons. The van der Waals surface area contributed by atoms with Crippen molar-refractivity contribution < 1.29 is 9.53 Å². The van der Waals surface area contributed by atoms with E-state index in [2.05, 4.69) is 19.6 Å². The minimum Gasteiger partial charge on any atom is -0.462 e. The van der Waals surface area contributed by atoms with Gasteiger partial charge in [0, 0.05) is 5.57 Å². The van der Waals surface area contributed by atoms with Gasteiger partial charge in [-0.15, -0.1) is 0 Å². The fourth-order valence-electron chi connectivity index (χ4n) is 1.57. The van der Waals surface area contributed by atoms with Crippen LogP contribution in [0.4, 0.5) is 0 Å². The molecule has 0 saturated carbocycles. The average molecular weight is 258 g/mol. The molecule has 0 heterocycles. The first kappa shape index (κ1) is 16.6. The van der Waals surface area contributed by atoms with E-state index in [1.807, 2.05) is 0 Å². The van der Waals surface area contributed by atoms with E-state index in [1.54, 1.807) is 6.92 Å². The van der Waals surface area contributed by atoms with Crippen molar-refractivity contribution in [2.75, 3.05) is 6.61 Å². The molecule has 3 heteroatoms. The highest BCUT2D eigenvalue weighted by molar-refractivity contribution is 7.83. The summed E-state index contributed by atoms with van der Waals surface area (Å²) in [5.74, 6) is -0.247. The number of hydrogen-bond acceptors (Lipinski definition) is 3. The summed E-state index contributed by atoms with van der Waals surface area (Å²) < 4.78 is 5.08. The highest BCUT2D eigenvalue weighted by atomic mass is 32.1. The predicted octanol–water partition coefficient (Wildman–Crippen LogP) is 4.50. The van der Waals surface area contributed by atoms with Gasteiger partial charge in [0.05, 0.1) is 6.61 Å². The Morgan fingerprint density at radius 3 is 2.12 bits per heavy atom. The van der Waals surface area contributed by atoms with Crippen LogP contribution in [0.1, 0.15) is 65.2 Å². The maximum Gasteiger partial charge on any atom is 0.334 e. The summed E-state index contributed by atoms with van der Waals surface area (Å²) >= 11 is 3.91. The van der Waals surface area contributed by atoms with E-state index in [-0.39, 0.29) is 5.97 Å². The van der Waals surface area contributed by atoms with Gasteiger partial charge in [-0.1, -0.05) is 51.9 Å². The van der Waals surface area contributed by atoms with Crippen molar-refractivity contribution in [2.24, 2.45) is 0 Å². The van der Waals surface area contributed by atoms with Gasteiger partial charge in [-0.2, -0.15) is 12.6 Å². The molecule has 0 aromatic heterocycles. The number of carbonyl (C=O) groups is 1. The van der Waals surface area contributed by atoms with Gasteiger partial charge in [-0.3, -0.25) is 0 Å². The molecule has 0 spiro atoms. The van der Waals surface area contributed by atoms with Crippen molar-refractivity contribution in [1.29, 1.82) is 0 Å². The fraction of sp³-hybridized carbons (Fsp3) is 0.786. The number of thiol groups is 1. The third kappa shape index (κ3) is 10.4. The van der Waals surface area contributed by atoms with Crippen molar-refractivity contribution in [3.63, 3.8) is 0 Å². The lowest BCUT2D eigenvalue weighted by Gasteiger charge is -2.04. The highest BCUT2D eigenvalue weighted by Gasteiger charge is 2.03. The van der Waals surface area contributed by atoms with Gasteiger partial charge in [0.2, 0.25) is 0 Å². The van der Waals surface area contributed by atoms with Gasteiger partial charge in [-0.25, -0.2) is 4.79 Å². The van der Waals surface area contributed by atoms with Crippen molar-refractivity contribution in [3.8, 4) is 0 Å². The maximum absolute atomic E-state index is 11.2. The van der Waals surface area contributed by atoms with Gasteiger partial charge in [0.25, 0.3) is 0 Å². The second-order valence-electron chi connectivity index (χ2n) is 4.42. The SMILES string of the molecule is CCCCCCCCCCOC(=O)C(C)=CS. The fourth-order valence-corrected chi connectivity index (χ4v) is 1.67. The van der Waals surface area contributed by atoms with Crippen LogP contribution in [0.5, 0.6) is 0 Å². The van der Waals surface area contributed by atoms with Crippen LogP contribution in [0.3, 0.4) is 0 Å². The van der Waals surface area contributed by atoms with Crippen LogP contribution in [0, 0.1) is 0 Å². The van der Waals surface area contributed by atoms with E-state index in [0.29, 0.717) is 12.2 Å². The summed E-state index contributed by atoms with van der Waals surface area (Å²) in [6, 6.07) is 0. The van der Waals surface area contributed by atoms with Crippen LogP contribution in [0.2, 0.25) is 0 Å². The molecule has 0 aliphatic rings. The van der Waals surface area contributed by atoms with E-state index < -0.39 is 0 Å². The van der Waals surface area contributed by atoms with E-state index >= 15 is 0 Å². The lowest BCUT2D eigenvalue weighted by molar-refractivity contribution is -0.139. The second kappa shape index (κ2) is 12.0. The largest absolute Gasteiger partial charge is 0.462 e. The maximum atomic E-state index is 11.2. The molecule has 0 rings (SSSR count). The molecule has 0 aromatic carbocycles. The third-order valence-corrected chi connectivity index (χ3v) is 3.13. The van der Waals surface area contributed by atoms with Gasteiger partial charge >= 0.3 is 5.97 Å². The number of unbranched alkanes of at least 4 members (excludes halogenated alkanes) is 7. The second-order valence-corrected chi connectivity index (χ2v) is 4.68. The molecule has 0 bridgehead atoms. The van der Waals surface area contributed by atoms with Crippen LogP contribution in [0.15, 0.2) is 11.0 Å². The minimum absolute atomic E-state index is 0.247. The molecule has 0 unspecified atom stereocenters. The molecule has 0 aliphatic heterocycles. The van der Waals surface area contributed by atoms with Crippen molar-refractivity contribution >= 4 is 18.6 Å². The molecule has 0 N–H and O–H groups in total. The number of rotatable bonds is 10. The first-order valence-corrected chi connectivity index (χ1v) is 7.22. The van der Waals surface area contributed by atoms with Crippen LogP contribution >= 0.6 is 12.6 Å². The van der Waals surface area contributed by atoms with Gasteiger partial charge in [-0.05, 0) is 18.8 Å². The zero-order valence-electron chi connectivity index (χ0n) is 11.2. The Morgan fingerprint density at radius 1 is 1.06 bits per heavy atom. The quantitative estimate of drug-likeness (QED) is 0.270. The summed E-state index contributed by atoms with van der Waals surface area (Å²) in [6.45, 7) is 4.48. The Hall–Kier alpha value is -0.440. The minimum atomic E-state index is -0.247. The van der Waals surface area contributed by atoms with Crippen molar-refractivity contribution in [2.45, 2.75) is 65.2 Å². The topological polar surface area (TPSA) is 26.3 Å². The average Bonchev–Trinajstić information content (AvgIpc) is 2.35. The van der Waals surface area contributed by atoms with Crippen LogP contribution in [-0.4, -0.2) is 12.6 Å². The van der Waals surface area contributed by atoms with Crippen molar-refractivity contribution in [3.05, 3.63) is 11.0 Å². The van der Waals surface area contributed by atoms with E-state index in [4.69, 9.17) is 4.74 Å². The lowest BCUT2D eigenvalue weighted by Crippen LogP contribution is -2.06. The van der Waals surface area contributed by atoms with Crippen LogP contribution < -0.4 is 0 Å². The van der Waals surface area contributed by atoms with Crippen LogP contribution in [0.25, 0.3) is 0 Å². The number of hydrogen-bond donors (Lipinski definition) is 1. The number of esters is 1. The Bertz CT molecular complexity index is 224. The smallest absolute Gasteiger partial charge is 0.334 e. The molecular formula is C14H26O2S.